The molecule has 0 bridgehead atoms. The lowest BCUT2D eigenvalue weighted by molar-refractivity contribution is -0.136. The van der Waals surface area contributed by atoms with E-state index in [1.54, 1.807) is 23.1 Å². The molecule has 0 saturated carbocycles. The van der Waals surface area contributed by atoms with Crippen LogP contribution in [0.3, 0.4) is 0 Å². The fourth-order valence-electron chi connectivity index (χ4n) is 4.83. The van der Waals surface area contributed by atoms with Crippen LogP contribution in [0.5, 0.6) is 5.75 Å². The van der Waals surface area contributed by atoms with Crippen LogP contribution in [0.1, 0.15) is 54.9 Å². The Kier molecular flexibility index (Phi) is 9.45. The fourth-order valence-corrected chi connectivity index (χ4v) is 5.00. The van der Waals surface area contributed by atoms with Gasteiger partial charge in [-0.25, -0.2) is 4.98 Å². The van der Waals surface area contributed by atoms with E-state index in [0.717, 1.165) is 17.0 Å². The van der Waals surface area contributed by atoms with Crippen LogP contribution in [0.15, 0.2) is 42.6 Å². The number of imidazole rings is 1. The quantitative estimate of drug-likeness (QED) is 0.511. The molecule has 0 unspecified atom stereocenters. The van der Waals surface area contributed by atoms with Crippen molar-refractivity contribution in [2.24, 2.45) is 5.92 Å². The lowest BCUT2D eigenvalue weighted by Gasteiger charge is -2.25. The molecule has 0 fully saturated rings. The summed E-state index contributed by atoms with van der Waals surface area (Å²) < 4.78 is 7.94. The van der Waals surface area contributed by atoms with Gasteiger partial charge < -0.3 is 24.7 Å². The number of ether oxygens (including phenoxy) is 1. The highest BCUT2D eigenvalue weighted by atomic mass is 35.5. The first-order valence-electron chi connectivity index (χ1n) is 13.4. The monoisotopic (exact) mass is 553 g/mol. The van der Waals surface area contributed by atoms with Gasteiger partial charge >= 0.3 is 0 Å². The Morgan fingerprint density at radius 1 is 1.21 bits per heavy atom. The number of carbonyl (C=O) groups excluding carboxylic acids is 3. The second-order valence-corrected chi connectivity index (χ2v) is 10.8. The van der Waals surface area contributed by atoms with Crippen molar-refractivity contribution in [1.29, 1.82) is 0 Å². The van der Waals surface area contributed by atoms with Crippen LogP contribution in [0, 0.1) is 12.8 Å². The Morgan fingerprint density at radius 3 is 2.82 bits per heavy atom. The smallest absolute Gasteiger partial charge is 0.255 e. The molecule has 1 aliphatic heterocycles. The maximum absolute atomic E-state index is 13.5. The van der Waals surface area contributed by atoms with E-state index in [0.29, 0.717) is 54.6 Å². The number of hydrogen-bond acceptors (Lipinski definition) is 5. The Labute approximate surface area is 233 Å². The molecule has 2 aromatic heterocycles. The first-order chi connectivity index (χ1) is 18.7. The van der Waals surface area contributed by atoms with Gasteiger partial charge in [0, 0.05) is 24.3 Å². The van der Waals surface area contributed by atoms with Gasteiger partial charge in [-0.1, -0.05) is 31.5 Å². The summed E-state index contributed by atoms with van der Waals surface area (Å²) in [6.07, 6.45) is 3.96. The van der Waals surface area contributed by atoms with E-state index in [4.69, 9.17) is 16.3 Å². The highest BCUT2D eigenvalue weighted by molar-refractivity contribution is 6.31. The molecule has 0 aliphatic carbocycles. The Bertz CT molecular complexity index is 1340. The molecular formula is C29H36ClN5O4. The summed E-state index contributed by atoms with van der Waals surface area (Å²) in [4.78, 5) is 45.7. The number of rotatable bonds is 4. The number of pyridine rings is 1. The number of aromatic nitrogens is 2. The van der Waals surface area contributed by atoms with Gasteiger partial charge in [-0.05, 0) is 62.4 Å². The Morgan fingerprint density at radius 2 is 2.03 bits per heavy atom. The average molecular weight is 554 g/mol. The molecule has 1 aromatic carbocycles. The molecule has 9 nitrogen and oxygen atoms in total. The number of nitrogens with zero attached hydrogens (tertiary/aromatic N) is 3. The molecule has 10 heteroatoms. The molecular weight excluding hydrogens is 518 g/mol. The van der Waals surface area contributed by atoms with Crippen molar-refractivity contribution < 1.29 is 19.1 Å². The molecule has 2 N–H and O–H groups in total. The van der Waals surface area contributed by atoms with E-state index >= 15 is 0 Å². The SMILES string of the molecule is Cc1nc2ccccn2c1CC(=O)N1CCCCNC(=O)c2cc(Cl)ccc2OC[C@H](CC(C)C)NC(=O)C1. The number of fused-ring (bicyclic) bond motifs is 2. The van der Waals surface area contributed by atoms with Crippen molar-refractivity contribution in [3.05, 3.63) is 64.6 Å². The predicted molar refractivity (Wildman–Crippen MR) is 150 cm³/mol. The van der Waals surface area contributed by atoms with Crippen LogP contribution in [-0.2, 0) is 16.0 Å². The molecule has 1 aliphatic rings. The van der Waals surface area contributed by atoms with Crippen molar-refractivity contribution in [3.8, 4) is 5.75 Å². The van der Waals surface area contributed by atoms with E-state index in [-0.39, 0.29) is 43.3 Å². The lowest BCUT2D eigenvalue weighted by Crippen LogP contribution is -2.47. The molecule has 0 spiro atoms. The zero-order chi connectivity index (χ0) is 27.9. The van der Waals surface area contributed by atoms with Gasteiger partial charge in [-0.3, -0.25) is 14.4 Å². The van der Waals surface area contributed by atoms with Crippen molar-refractivity contribution in [3.63, 3.8) is 0 Å². The van der Waals surface area contributed by atoms with Crippen LogP contribution in [0.2, 0.25) is 5.02 Å². The van der Waals surface area contributed by atoms with E-state index in [1.807, 2.05) is 35.7 Å². The summed E-state index contributed by atoms with van der Waals surface area (Å²) in [6, 6.07) is 10.3. The van der Waals surface area contributed by atoms with Crippen molar-refractivity contribution >= 4 is 35.0 Å². The number of amides is 3. The number of nitrogens with one attached hydrogen (secondary N) is 2. The molecule has 3 aromatic rings. The summed E-state index contributed by atoms with van der Waals surface area (Å²) in [5, 5.41) is 6.41. The molecule has 39 heavy (non-hydrogen) atoms. The predicted octanol–water partition coefficient (Wildman–Crippen LogP) is 3.80. The average Bonchev–Trinajstić information content (AvgIpc) is 3.20. The minimum Gasteiger partial charge on any atom is -0.491 e. The standard InChI is InChI=1S/C29H36ClN5O4/c1-19(2)14-22-18-39-25-10-9-21(30)15-23(25)29(38)31-11-5-7-12-34(17-27(36)33-22)28(37)16-24-20(3)32-26-8-4-6-13-35(24)26/h4,6,8-10,13,15,19,22H,5,7,11-12,14,16-18H2,1-3H3,(H,31,38)(H,33,36)/t22-/m0/s1. The van der Waals surface area contributed by atoms with Crippen molar-refractivity contribution in [2.75, 3.05) is 26.2 Å². The van der Waals surface area contributed by atoms with Crippen molar-refractivity contribution in [1.82, 2.24) is 24.9 Å². The Balaban J connectivity index is 1.53. The summed E-state index contributed by atoms with van der Waals surface area (Å²) in [6.45, 7) is 6.96. The molecule has 3 heterocycles. The zero-order valence-corrected chi connectivity index (χ0v) is 23.5. The van der Waals surface area contributed by atoms with Gasteiger partial charge in [0.25, 0.3) is 5.91 Å². The summed E-state index contributed by atoms with van der Waals surface area (Å²) in [7, 11) is 0. The third kappa shape index (κ3) is 7.50. The van der Waals surface area contributed by atoms with Crippen LogP contribution < -0.4 is 15.4 Å². The molecule has 3 amide bonds. The largest absolute Gasteiger partial charge is 0.491 e. The number of halogens is 1. The maximum atomic E-state index is 13.5. The number of benzene rings is 1. The van der Waals surface area contributed by atoms with Crippen LogP contribution in [0.25, 0.3) is 5.65 Å². The minimum absolute atomic E-state index is 0.0538. The molecule has 1 atom stereocenters. The van der Waals surface area contributed by atoms with Gasteiger partial charge in [0.15, 0.2) is 0 Å². The van der Waals surface area contributed by atoms with Gasteiger partial charge in [0.2, 0.25) is 11.8 Å². The van der Waals surface area contributed by atoms with Gasteiger partial charge in [0.05, 0.1) is 36.0 Å². The van der Waals surface area contributed by atoms with E-state index in [1.165, 1.54) is 0 Å². The minimum atomic E-state index is -0.299. The summed E-state index contributed by atoms with van der Waals surface area (Å²) >= 11 is 6.16. The van der Waals surface area contributed by atoms with Gasteiger partial charge in [0.1, 0.15) is 18.0 Å². The van der Waals surface area contributed by atoms with E-state index < -0.39 is 0 Å². The lowest BCUT2D eigenvalue weighted by atomic mass is 10.0. The van der Waals surface area contributed by atoms with Gasteiger partial charge in [-0.2, -0.15) is 0 Å². The summed E-state index contributed by atoms with van der Waals surface area (Å²) in [5.74, 6) is 0.0430. The van der Waals surface area contributed by atoms with Crippen molar-refractivity contribution in [2.45, 2.75) is 52.5 Å². The van der Waals surface area contributed by atoms with Crippen LogP contribution in [-0.4, -0.2) is 64.3 Å². The van der Waals surface area contributed by atoms with E-state index in [2.05, 4.69) is 29.5 Å². The first kappa shape index (κ1) is 28.4. The second-order valence-electron chi connectivity index (χ2n) is 10.4. The normalized spacial score (nSPS) is 17.6. The second kappa shape index (κ2) is 13.0. The molecule has 0 saturated heterocycles. The van der Waals surface area contributed by atoms with Crippen LogP contribution in [0.4, 0.5) is 0 Å². The van der Waals surface area contributed by atoms with E-state index in [9.17, 15) is 14.4 Å². The third-order valence-electron chi connectivity index (χ3n) is 6.72. The first-order valence-corrected chi connectivity index (χ1v) is 13.8. The fraction of sp³-hybridized carbons (Fsp3) is 0.448. The molecule has 0 radical (unpaired) electrons. The molecule has 4 rings (SSSR count). The number of hydrogen-bond donors (Lipinski definition) is 2. The van der Waals surface area contributed by atoms with Gasteiger partial charge in [-0.15, -0.1) is 0 Å². The Hall–Kier alpha value is -3.59. The zero-order valence-electron chi connectivity index (χ0n) is 22.7. The number of carbonyl (C=O) groups is 3. The molecule has 208 valence electrons. The third-order valence-corrected chi connectivity index (χ3v) is 6.96. The highest BCUT2D eigenvalue weighted by Crippen LogP contribution is 2.24. The maximum Gasteiger partial charge on any atom is 0.255 e. The highest BCUT2D eigenvalue weighted by Gasteiger charge is 2.24. The van der Waals surface area contributed by atoms with Crippen LogP contribution >= 0.6 is 11.6 Å². The topological polar surface area (TPSA) is 105 Å². The summed E-state index contributed by atoms with van der Waals surface area (Å²) in [5.41, 5.74) is 2.73. The number of aryl methyl sites for hydroxylation is 1.